The zero-order chi connectivity index (χ0) is 8.10. The van der Waals surface area contributed by atoms with Crippen molar-refractivity contribution in [1.82, 2.24) is 0 Å². The van der Waals surface area contributed by atoms with Gasteiger partial charge in [0.15, 0.2) is 0 Å². The van der Waals surface area contributed by atoms with Crippen LogP contribution >= 0.6 is 21.0 Å². The lowest BCUT2D eigenvalue weighted by atomic mass is 10.4. The Bertz CT molecular complexity index is 236. The van der Waals surface area contributed by atoms with E-state index >= 15 is 0 Å². The summed E-state index contributed by atoms with van der Waals surface area (Å²) < 4.78 is 0. The predicted molar refractivity (Wildman–Crippen MR) is 57.2 cm³/mol. The van der Waals surface area contributed by atoms with Gasteiger partial charge in [-0.2, -0.15) is 0 Å². The van der Waals surface area contributed by atoms with Gasteiger partial charge in [-0.15, -0.1) is 12.4 Å². The third kappa shape index (κ3) is 4.48. The fourth-order valence-corrected chi connectivity index (χ4v) is 1.66. The van der Waals surface area contributed by atoms with E-state index in [2.05, 4.69) is 12.1 Å². The van der Waals surface area contributed by atoms with Crippen molar-refractivity contribution in [3.05, 3.63) is 30.3 Å². The van der Waals surface area contributed by atoms with Crippen molar-refractivity contribution in [2.45, 2.75) is 6.92 Å². The van der Waals surface area contributed by atoms with Crippen LogP contribution in [-0.2, 0) is 4.79 Å². The summed E-state index contributed by atoms with van der Waals surface area (Å²) in [5, 5.41) is 1.27. The summed E-state index contributed by atoms with van der Waals surface area (Å²) in [5.41, 5.74) is 0. The first-order valence-electron chi connectivity index (χ1n) is 3.57. The van der Waals surface area contributed by atoms with E-state index in [1.807, 2.05) is 18.2 Å². The van der Waals surface area contributed by atoms with Gasteiger partial charge in [0.05, 0.1) is 0 Å². The molecule has 1 nitrogen and oxygen atoms in total. The summed E-state index contributed by atoms with van der Waals surface area (Å²) in [6, 6.07) is 10.1. The van der Waals surface area contributed by atoms with E-state index in [1.54, 1.807) is 6.92 Å². The molecule has 0 amide bonds. The molecule has 66 valence electrons. The lowest BCUT2D eigenvalue weighted by Crippen LogP contribution is -1.99. The minimum Gasteiger partial charge on any atom is -0.300 e. The largest absolute Gasteiger partial charge is 0.300 e. The number of Topliss-reactive ketones (excluding diaryl/α,β-unsaturated/α-hetero) is 1. The monoisotopic (exact) mass is 202 g/mol. The maximum atomic E-state index is 10.6. The lowest BCUT2D eigenvalue weighted by Gasteiger charge is -1.96. The number of ketones is 1. The Morgan fingerprint density at radius 1 is 1.33 bits per heavy atom. The summed E-state index contributed by atoms with van der Waals surface area (Å²) in [7, 11) is 0.635. The van der Waals surface area contributed by atoms with Crippen molar-refractivity contribution < 1.29 is 4.79 Å². The normalized spacial score (nSPS) is 9.75. The van der Waals surface area contributed by atoms with Crippen molar-refractivity contribution in [1.29, 1.82) is 0 Å². The zero-order valence-electron chi connectivity index (χ0n) is 6.91. The predicted octanol–water partition coefficient (Wildman–Crippen LogP) is 2.00. The first kappa shape index (κ1) is 11.6. The van der Waals surface area contributed by atoms with E-state index in [1.165, 1.54) is 5.30 Å². The second-order valence-electron chi connectivity index (χ2n) is 2.42. The van der Waals surface area contributed by atoms with Gasteiger partial charge in [0.25, 0.3) is 0 Å². The molecule has 1 atom stereocenters. The summed E-state index contributed by atoms with van der Waals surface area (Å²) in [6.07, 6.45) is 0.685. The van der Waals surface area contributed by atoms with E-state index in [4.69, 9.17) is 0 Å². The summed E-state index contributed by atoms with van der Waals surface area (Å²) in [6.45, 7) is 1.63. The molecule has 0 aliphatic rings. The van der Waals surface area contributed by atoms with Gasteiger partial charge >= 0.3 is 0 Å². The van der Waals surface area contributed by atoms with Crippen LogP contribution in [0.15, 0.2) is 30.3 Å². The summed E-state index contributed by atoms with van der Waals surface area (Å²) in [4.78, 5) is 10.6. The first-order chi connectivity index (χ1) is 5.29. The van der Waals surface area contributed by atoms with Crippen LogP contribution in [0.25, 0.3) is 0 Å². The quantitative estimate of drug-likeness (QED) is 0.686. The molecule has 0 bridgehead atoms. The minimum atomic E-state index is 0. The Morgan fingerprint density at radius 3 is 2.42 bits per heavy atom. The highest BCUT2D eigenvalue weighted by Crippen LogP contribution is 2.08. The maximum Gasteiger partial charge on any atom is 0.134 e. The highest BCUT2D eigenvalue weighted by molar-refractivity contribution is 7.48. The number of carbonyl (C=O) groups excluding carboxylic acids is 1. The molecule has 0 aliphatic heterocycles. The fourth-order valence-electron chi connectivity index (χ4n) is 0.783. The molecule has 3 heteroatoms. The highest BCUT2D eigenvalue weighted by atomic mass is 35.5. The number of rotatable bonds is 3. The van der Waals surface area contributed by atoms with Crippen LogP contribution in [0, 0.1) is 0 Å². The van der Waals surface area contributed by atoms with Crippen molar-refractivity contribution in [2.24, 2.45) is 0 Å². The van der Waals surface area contributed by atoms with Gasteiger partial charge in [-0.3, -0.25) is 4.79 Å². The van der Waals surface area contributed by atoms with Crippen molar-refractivity contribution in [2.75, 3.05) is 6.16 Å². The van der Waals surface area contributed by atoms with Crippen LogP contribution in [0.4, 0.5) is 0 Å². The second-order valence-corrected chi connectivity index (χ2v) is 3.71. The Morgan fingerprint density at radius 2 is 1.92 bits per heavy atom. The highest BCUT2D eigenvalue weighted by Gasteiger charge is 1.93. The molecule has 12 heavy (non-hydrogen) atoms. The molecule has 0 heterocycles. The maximum absolute atomic E-state index is 10.6. The first-order valence-corrected chi connectivity index (χ1v) is 4.78. The van der Waals surface area contributed by atoms with Crippen molar-refractivity contribution in [3.63, 3.8) is 0 Å². The Kier molecular flexibility index (Phi) is 5.96. The average molecular weight is 203 g/mol. The molecule has 0 aliphatic carbocycles. The van der Waals surface area contributed by atoms with Gasteiger partial charge in [-0.05, 0) is 12.2 Å². The number of carbonyl (C=O) groups is 1. The molecule has 0 spiro atoms. The molecule has 1 aromatic carbocycles. The second kappa shape index (κ2) is 6.16. The van der Waals surface area contributed by atoms with E-state index in [9.17, 15) is 4.79 Å². The molecule has 0 radical (unpaired) electrons. The van der Waals surface area contributed by atoms with Crippen molar-refractivity contribution in [3.8, 4) is 0 Å². The number of benzene rings is 1. The summed E-state index contributed by atoms with van der Waals surface area (Å²) >= 11 is 0. The topological polar surface area (TPSA) is 17.1 Å². The Labute approximate surface area is 80.8 Å². The van der Waals surface area contributed by atoms with Crippen LogP contribution in [0.2, 0.25) is 0 Å². The molecule has 0 fully saturated rings. The molecule has 1 aromatic rings. The Hall–Kier alpha value is -0.390. The van der Waals surface area contributed by atoms with E-state index in [0.717, 1.165) is 0 Å². The van der Waals surface area contributed by atoms with E-state index in [-0.39, 0.29) is 18.2 Å². The smallest absolute Gasteiger partial charge is 0.134 e. The van der Waals surface area contributed by atoms with Gasteiger partial charge in [-0.25, -0.2) is 0 Å². The SMILES string of the molecule is CC(=O)CPc1ccccc1.Cl. The van der Waals surface area contributed by atoms with Crippen LogP contribution in [-0.4, -0.2) is 11.9 Å². The van der Waals surface area contributed by atoms with Gasteiger partial charge in [0.2, 0.25) is 0 Å². The standard InChI is InChI=1S/C9H11OP.ClH/c1-8(10)7-11-9-5-3-2-4-6-9;/h2-6,11H,7H2,1H3;1H. The van der Waals surface area contributed by atoms with Gasteiger partial charge < -0.3 is 0 Å². The molecule has 1 unspecified atom stereocenters. The lowest BCUT2D eigenvalue weighted by molar-refractivity contribution is -0.114. The fraction of sp³-hybridized carbons (Fsp3) is 0.222. The molecular weight excluding hydrogens is 191 g/mol. The third-order valence-electron chi connectivity index (χ3n) is 1.32. The zero-order valence-corrected chi connectivity index (χ0v) is 8.73. The molecule has 1 rings (SSSR count). The van der Waals surface area contributed by atoms with Crippen molar-refractivity contribution >= 4 is 32.1 Å². The van der Waals surface area contributed by atoms with Gasteiger partial charge in [-0.1, -0.05) is 38.9 Å². The van der Waals surface area contributed by atoms with Crippen LogP contribution in [0.5, 0.6) is 0 Å². The molecule has 0 aromatic heterocycles. The van der Waals surface area contributed by atoms with E-state index in [0.29, 0.717) is 14.7 Å². The van der Waals surface area contributed by atoms with Crippen LogP contribution < -0.4 is 5.30 Å². The number of hydrogen-bond acceptors (Lipinski definition) is 1. The van der Waals surface area contributed by atoms with Crippen LogP contribution in [0.3, 0.4) is 0 Å². The summed E-state index contributed by atoms with van der Waals surface area (Å²) in [5.74, 6) is 0.271. The third-order valence-corrected chi connectivity index (χ3v) is 2.73. The van der Waals surface area contributed by atoms with Gasteiger partial charge in [0.1, 0.15) is 5.78 Å². The number of halogens is 1. The van der Waals surface area contributed by atoms with Gasteiger partial charge in [0, 0.05) is 6.16 Å². The minimum absolute atomic E-state index is 0. The molecule has 0 saturated carbocycles. The molecular formula is C9H12ClOP. The number of hydrogen-bond donors (Lipinski definition) is 0. The molecule has 0 saturated heterocycles. The van der Waals surface area contributed by atoms with E-state index < -0.39 is 0 Å². The molecule has 0 N–H and O–H groups in total. The Balaban J connectivity index is 0.00000121. The average Bonchev–Trinajstić information content (AvgIpc) is 2.03. The van der Waals surface area contributed by atoms with Crippen LogP contribution in [0.1, 0.15) is 6.92 Å².